The van der Waals surface area contributed by atoms with Gasteiger partial charge in [0.1, 0.15) is 5.82 Å². The van der Waals surface area contributed by atoms with Gasteiger partial charge < -0.3 is 20.3 Å². The molecule has 1 aliphatic rings. The third-order valence-electron chi connectivity index (χ3n) is 3.69. The number of carbonyl (C=O) groups is 1. The van der Waals surface area contributed by atoms with Crippen molar-refractivity contribution in [2.24, 2.45) is 0 Å². The first-order valence-corrected chi connectivity index (χ1v) is 7.09. The minimum absolute atomic E-state index is 0.185. The number of aliphatic hydroxyl groups is 1. The topological polar surface area (TPSA) is 79.2 Å². The minimum atomic E-state index is -0.484. The van der Waals surface area contributed by atoms with Crippen LogP contribution < -0.4 is 10.6 Å². The van der Waals surface area contributed by atoms with Crippen molar-refractivity contribution in [3.8, 4) is 5.69 Å². The van der Waals surface area contributed by atoms with Gasteiger partial charge in [-0.25, -0.2) is 9.37 Å². The molecule has 6 nitrogen and oxygen atoms in total. The fraction of sp³-hybridized carbons (Fsp3) is 0.333. The molecule has 0 radical (unpaired) electrons. The van der Waals surface area contributed by atoms with Crippen LogP contribution in [0.5, 0.6) is 0 Å². The van der Waals surface area contributed by atoms with E-state index in [0.29, 0.717) is 24.2 Å². The summed E-state index contributed by atoms with van der Waals surface area (Å²) in [5.41, 5.74) is 1.08. The predicted molar refractivity (Wildman–Crippen MR) is 77.8 cm³/mol. The zero-order valence-electron chi connectivity index (χ0n) is 11.9. The van der Waals surface area contributed by atoms with E-state index in [2.05, 4.69) is 15.6 Å². The lowest BCUT2D eigenvalue weighted by atomic mass is 10.1. The molecule has 0 saturated carbocycles. The number of benzene rings is 1. The number of aromatic nitrogens is 2. The highest BCUT2D eigenvalue weighted by atomic mass is 19.1. The SMILES string of the molecule is O=C(NCc1ccc(-n2ccnc2)c(F)c1)C1CC(O)CN1. The molecule has 1 fully saturated rings. The number of β-amino-alcohol motifs (C(OH)–C–C–N with tert-alkyl or cyclic N) is 1. The Morgan fingerprint density at radius 2 is 2.41 bits per heavy atom. The number of hydrogen-bond acceptors (Lipinski definition) is 4. The van der Waals surface area contributed by atoms with Crippen molar-refractivity contribution in [3.05, 3.63) is 48.3 Å². The molecule has 0 bridgehead atoms. The van der Waals surface area contributed by atoms with Crippen molar-refractivity contribution in [1.29, 1.82) is 0 Å². The summed E-state index contributed by atoms with van der Waals surface area (Å²) in [6, 6.07) is 4.42. The maximum Gasteiger partial charge on any atom is 0.237 e. The molecule has 1 aromatic carbocycles. The molecule has 2 atom stereocenters. The van der Waals surface area contributed by atoms with Gasteiger partial charge >= 0.3 is 0 Å². The van der Waals surface area contributed by atoms with Gasteiger partial charge in [0.2, 0.25) is 5.91 Å². The summed E-state index contributed by atoms with van der Waals surface area (Å²) in [7, 11) is 0. The molecule has 2 aromatic rings. The lowest BCUT2D eigenvalue weighted by Crippen LogP contribution is -2.40. The predicted octanol–water partition coefficient (Wildman–Crippen LogP) is 0.350. The second-order valence-corrected chi connectivity index (χ2v) is 5.32. The quantitative estimate of drug-likeness (QED) is 0.761. The van der Waals surface area contributed by atoms with E-state index in [1.807, 2.05) is 0 Å². The van der Waals surface area contributed by atoms with Crippen LogP contribution in [0.15, 0.2) is 36.9 Å². The van der Waals surface area contributed by atoms with Gasteiger partial charge in [0.25, 0.3) is 0 Å². The lowest BCUT2D eigenvalue weighted by molar-refractivity contribution is -0.123. The third-order valence-corrected chi connectivity index (χ3v) is 3.69. The van der Waals surface area contributed by atoms with Crippen LogP contribution in [0.25, 0.3) is 5.69 Å². The van der Waals surface area contributed by atoms with Crippen molar-refractivity contribution < 1.29 is 14.3 Å². The minimum Gasteiger partial charge on any atom is -0.392 e. The van der Waals surface area contributed by atoms with E-state index in [9.17, 15) is 14.3 Å². The lowest BCUT2D eigenvalue weighted by Gasteiger charge is -2.12. The van der Waals surface area contributed by atoms with Gasteiger partial charge in [0.15, 0.2) is 0 Å². The number of imidazole rings is 1. The Bertz CT molecular complexity index is 660. The van der Waals surface area contributed by atoms with E-state index in [-0.39, 0.29) is 24.3 Å². The second kappa shape index (κ2) is 6.25. The molecular formula is C15H17FN4O2. The first-order valence-electron chi connectivity index (χ1n) is 7.09. The fourth-order valence-electron chi connectivity index (χ4n) is 2.50. The van der Waals surface area contributed by atoms with Crippen molar-refractivity contribution in [2.75, 3.05) is 6.54 Å². The van der Waals surface area contributed by atoms with Crippen molar-refractivity contribution >= 4 is 5.91 Å². The molecule has 3 rings (SSSR count). The molecule has 2 heterocycles. The molecule has 0 aliphatic carbocycles. The van der Waals surface area contributed by atoms with E-state index < -0.39 is 6.10 Å². The molecule has 0 spiro atoms. The molecule has 116 valence electrons. The van der Waals surface area contributed by atoms with E-state index in [4.69, 9.17) is 0 Å². The highest BCUT2D eigenvalue weighted by Crippen LogP contribution is 2.15. The van der Waals surface area contributed by atoms with Gasteiger partial charge in [0, 0.05) is 25.5 Å². The maximum atomic E-state index is 14.1. The second-order valence-electron chi connectivity index (χ2n) is 5.32. The van der Waals surface area contributed by atoms with Gasteiger partial charge in [0.05, 0.1) is 24.2 Å². The zero-order chi connectivity index (χ0) is 15.5. The fourth-order valence-corrected chi connectivity index (χ4v) is 2.50. The number of rotatable bonds is 4. The Morgan fingerprint density at radius 1 is 1.55 bits per heavy atom. The van der Waals surface area contributed by atoms with E-state index >= 15 is 0 Å². The average Bonchev–Trinajstić information content (AvgIpc) is 3.16. The summed E-state index contributed by atoms with van der Waals surface area (Å²) in [6.07, 6.45) is 4.69. The first kappa shape index (κ1) is 14.7. The number of nitrogens with zero attached hydrogens (tertiary/aromatic N) is 2. The molecule has 1 aliphatic heterocycles. The Labute approximate surface area is 127 Å². The van der Waals surface area contributed by atoms with Crippen LogP contribution in [0.1, 0.15) is 12.0 Å². The summed E-state index contributed by atoms with van der Waals surface area (Å²) < 4.78 is 15.7. The Balaban J connectivity index is 1.61. The van der Waals surface area contributed by atoms with Crippen LogP contribution >= 0.6 is 0 Å². The Hall–Kier alpha value is -2.25. The van der Waals surface area contributed by atoms with Crippen molar-refractivity contribution in [1.82, 2.24) is 20.2 Å². The number of hydrogen-bond donors (Lipinski definition) is 3. The molecule has 7 heteroatoms. The van der Waals surface area contributed by atoms with Crippen molar-refractivity contribution in [3.63, 3.8) is 0 Å². The summed E-state index contributed by atoms with van der Waals surface area (Å²) in [6.45, 7) is 0.667. The molecule has 1 aromatic heterocycles. The smallest absolute Gasteiger partial charge is 0.237 e. The highest BCUT2D eigenvalue weighted by Gasteiger charge is 2.27. The average molecular weight is 304 g/mol. The summed E-state index contributed by atoms with van der Waals surface area (Å²) in [5.74, 6) is -0.560. The molecular weight excluding hydrogens is 287 g/mol. The third kappa shape index (κ3) is 3.15. The van der Waals surface area contributed by atoms with Gasteiger partial charge in [-0.15, -0.1) is 0 Å². The van der Waals surface area contributed by atoms with E-state index in [0.717, 1.165) is 0 Å². The molecule has 2 unspecified atom stereocenters. The highest BCUT2D eigenvalue weighted by molar-refractivity contribution is 5.82. The largest absolute Gasteiger partial charge is 0.392 e. The summed E-state index contributed by atoms with van der Waals surface area (Å²) >= 11 is 0. The van der Waals surface area contributed by atoms with Gasteiger partial charge in [-0.2, -0.15) is 0 Å². The van der Waals surface area contributed by atoms with Gasteiger partial charge in [-0.3, -0.25) is 4.79 Å². The summed E-state index contributed by atoms with van der Waals surface area (Å²) in [4.78, 5) is 15.8. The molecule has 1 amide bonds. The number of aliphatic hydroxyl groups excluding tert-OH is 1. The van der Waals surface area contributed by atoms with Crippen LogP contribution in [0.4, 0.5) is 4.39 Å². The zero-order valence-corrected chi connectivity index (χ0v) is 11.9. The van der Waals surface area contributed by atoms with Crippen LogP contribution in [-0.2, 0) is 11.3 Å². The van der Waals surface area contributed by atoms with Crippen LogP contribution in [0, 0.1) is 5.82 Å². The molecule has 22 heavy (non-hydrogen) atoms. The van der Waals surface area contributed by atoms with Crippen LogP contribution in [0.3, 0.4) is 0 Å². The van der Waals surface area contributed by atoms with Gasteiger partial charge in [-0.1, -0.05) is 6.07 Å². The summed E-state index contributed by atoms with van der Waals surface area (Å²) in [5, 5.41) is 15.1. The number of carbonyl (C=O) groups excluding carboxylic acids is 1. The van der Waals surface area contributed by atoms with Gasteiger partial charge in [-0.05, 0) is 24.1 Å². The Morgan fingerprint density at radius 3 is 3.05 bits per heavy atom. The number of amides is 1. The molecule has 1 saturated heterocycles. The van der Waals surface area contributed by atoms with E-state index in [1.165, 1.54) is 12.4 Å². The maximum absolute atomic E-state index is 14.1. The van der Waals surface area contributed by atoms with Crippen LogP contribution in [-0.4, -0.2) is 39.3 Å². The normalized spacial score (nSPS) is 21.0. The number of halogens is 1. The number of nitrogens with one attached hydrogen (secondary N) is 2. The standard InChI is InChI=1S/C15H17FN4O2/c16-12-5-10(1-2-14(12)20-4-3-17-9-20)7-19-15(22)13-6-11(21)8-18-13/h1-5,9,11,13,18,21H,6-8H2,(H,19,22). The Kier molecular flexibility index (Phi) is 4.17. The first-order chi connectivity index (χ1) is 10.6. The van der Waals surface area contributed by atoms with Crippen LogP contribution in [0.2, 0.25) is 0 Å². The van der Waals surface area contributed by atoms with E-state index in [1.54, 1.807) is 29.1 Å². The molecule has 3 N–H and O–H groups in total. The monoisotopic (exact) mass is 304 g/mol. The van der Waals surface area contributed by atoms with Crippen molar-refractivity contribution in [2.45, 2.75) is 25.1 Å².